The molecule has 0 aliphatic rings. The fourth-order valence-electron chi connectivity index (χ4n) is 2.90. The second-order valence-corrected chi connectivity index (χ2v) is 6.83. The number of anilines is 1. The van der Waals surface area contributed by atoms with Crippen LogP contribution < -0.4 is 10.1 Å². The Kier molecular flexibility index (Phi) is 5.58. The minimum absolute atomic E-state index is 0.413. The van der Waals surface area contributed by atoms with Crippen LogP contribution in [0.15, 0.2) is 83.3 Å². The monoisotopic (exact) mass is 420 g/mol. The number of benzene rings is 3. The average Bonchev–Trinajstić information content (AvgIpc) is 2.71. The quantitative estimate of drug-likeness (QED) is 0.637. The molecule has 5 heteroatoms. The van der Waals surface area contributed by atoms with E-state index in [0.717, 1.165) is 4.47 Å². The second kappa shape index (κ2) is 8.07. The molecule has 1 N–H and O–H groups in total. The number of hydrogen-bond acceptors (Lipinski definition) is 3. The molecular formula is C22H17BrN2O2. The molecule has 0 bridgehead atoms. The molecule has 1 atom stereocenters. The molecule has 0 heterocycles. The van der Waals surface area contributed by atoms with E-state index in [0.29, 0.717) is 22.6 Å². The lowest BCUT2D eigenvalue weighted by Gasteiger charge is -2.27. The molecule has 0 aliphatic carbocycles. The van der Waals surface area contributed by atoms with Crippen molar-refractivity contribution in [1.29, 1.82) is 5.26 Å². The molecule has 3 aromatic rings. The SMILES string of the molecule is COc1ccc(NC(=O)C(C#N)(c2ccccc2)c2ccc(Br)cc2)cc1. The van der Waals surface area contributed by atoms with Crippen LogP contribution in [-0.4, -0.2) is 13.0 Å². The van der Waals surface area contributed by atoms with Crippen LogP contribution in [0.3, 0.4) is 0 Å². The van der Waals surface area contributed by atoms with Crippen LogP contribution in [0.4, 0.5) is 5.69 Å². The van der Waals surface area contributed by atoms with Crippen LogP contribution >= 0.6 is 15.9 Å². The van der Waals surface area contributed by atoms with Gasteiger partial charge in [-0.2, -0.15) is 5.26 Å². The molecule has 4 nitrogen and oxygen atoms in total. The Morgan fingerprint density at radius 1 is 0.963 bits per heavy atom. The normalized spacial score (nSPS) is 12.5. The molecule has 0 radical (unpaired) electrons. The van der Waals surface area contributed by atoms with Crippen molar-refractivity contribution >= 4 is 27.5 Å². The van der Waals surface area contributed by atoms with Gasteiger partial charge in [-0.05, 0) is 47.5 Å². The van der Waals surface area contributed by atoms with E-state index in [2.05, 4.69) is 27.3 Å². The zero-order valence-corrected chi connectivity index (χ0v) is 16.2. The van der Waals surface area contributed by atoms with Crippen LogP contribution in [0.5, 0.6) is 5.75 Å². The summed E-state index contributed by atoms with van der Waals surface area (Å²) in [7, 11) is 1.58. The van der Waals surface area contributed by atoms with Crippen molar-refractivity contribution < 1.29 is 9.53 Å². The minimum Gasteiger partial charge on any atom is -0.497 e. The number of carbonyl (C=O) groups is 1. The summed E-state index contributed by atoms with van der Waals surface area (Å²) >= 11 is 3.40. The van der Waals surface area contributed by atoms with Crippen molar-refractivity contribution in [3.63, 3.8) is 0 Å². The molecule has 0 aliphatic heterocycles. The van der Waals surface area contributed by atoms with Gasteiger partial charge in [0.05, 0.1) is 13.2 Å². The van der Waals surface area contributed by atoms with Gasteiger partial charge in [-0.3, -0.25) is 4.79 Å². The maximum absolute atomic E-state index is 13.3. The predicted octanol–water partition coefficient (Wildman–Crippen LogP) is 4.91. The minimum atomic E-state index is -1.47. The highest BCUT2D eigenvalue weighted by Gasteiger charge is 2.42. The van der Waals surface area contributed by atoms with E-state index in [4.69, 9.17) is 4.74 Å². The molecule has 3 aromatic carbocycles. The average molecular weight is 421 g/mol. The van der Waals surface area contributed by atoms with E-state index in [1.54, 1.807) is 55.6 Å². The van der Waals surface area contributed by atoms with Crippen LogP contribution in [0.2, 0.25) is 0 Å². The summed E-state index contributed by atoms with van der Waals surface area (Å²) in [4.78, 5) is 13.3. The first-order valence-electron chi connectivity index (χ1n) is 8.28. The molecule has 0 spiro atoms. The lowest BCUT2D eigenvalue weighted by Crippen LogP contribution is -2.40. The number of nitrogens with zero attached hydrogens (tertiary/aromatic N) is 1. The third-order valence-corrected chi connectivity index (χ3v) is 4.87. The van der Waals surface area contributed by atoms with Gasteiger partial charge in [-0.25, -0.2) is 0 Å². The van der Waals surface area contributed by atoms with E-state index in [9.17, 15) is 10.1 Å². The number of rotatable bonds is 5. The highest BCUT2D eigenvalue weighted by Crippen LogP contribution is 2.34. The summed E-state index contributed by atoms with van der Waals surface area (Å²) in [6.45, 7) is 0. The number of nitriles is 1. The van der Waals surface area contributed by atoms with Crippen LogP contribution in [-0.2, 0) is 10.2 Å². The van der Waals surface area contributed by atoms with E-state index in [1.165, 1.54) is 0 Å². The third kappa shape index (κ3) is 3.71. The molecule has 134 valence electrons. The number of nitrogens with one attached hydrogen (secondary N) is 1. The predicted molar refractivity (Wildman–Crippen MR) is 109 cm³/mol. The third-order valence-electron chi connectivity index (χ3n) is 4.34. The second-order valence-electron chi connectivity index (χ2n) is 5.92. The molecule has 1 unspecified atom stereocenters. The Morgan fingerprint density at radius 2 is 1.56 bits per heavy atom. The van der Waals surface area contributed by atoms with Gasteiger partial charge < -0.3 is 10.1 Å². The maximum atomic E-state index is 13.3. The fraction of sp³-hybridized carbons (Fsp3) is 0.0909. The highest BCUT2D eigenvalue weighted by molar-refractivity contribution is 9.10. The van der Waals surface area contributed by atoms with Crippen molar-refractivity contribution in [2.24, 2.45) is 0 Å². The lowest BCUT2D eigenvalue weighted by molar-refractivity contribution is -0.118. The zero-order chi connectivity index (χ0) is 19.3. The summed E-state index contributed by atoms with van der Waals surface area (Å²) < 4.78 is 6.02. The first-order valence-corrected chi connectivity index (χ1v) is 9.08. The number of hydrogen-bond donors (Lipinski definition) is 1. The largest absolute Gasteiger partial charge is 0.497 e. The van der Waals surface area contributed by atoms with Gasteiger partial charge in [0.25, 0.3) is 5.91 Å². The van der Waals surface area contributed by atoms with E-state index < -0.39 is 11.3 Å². The Balaban J connectivity index is 2.07. The molecule has 27 heavy (non-hydrogen) atoms. The molecular weight excluding hydrogens is 404 g/mol. The molecule has 0 saturated heterocycles. The van der Waals surface area contributed by atoms with Crippen molar-refractivity contribution in [3.05, 3.63) is 94.5 Å². The first-order chi connectivity index (χ1) is 13.1. The van der Waals surface area contributed by atoms with E-state index >= 15 is 0 Å². The van der Waals surface area contributed by atoms with Gasteiger partial charge in [0.2, 0.25) is 0 Å². The van der Waals surface area contributed by atoms with Gasteiger partial charge in [0.15, 0.2) is 5.41 Å². The number of carbonyl (C=O) groups excluding carboxylic acids is 1. The first kappa shape index (κ1) is 18.7. The smallest absolute Gasteiger partial charge is 0.254 e. The Morgan fingerprint density at radius 3 is 2.11 bits per heavy atom. The molecule has 1 amide bonds. The Hall–Kier alpha value is -3.10. The fourth-order valence-corrected chi connectivity index (χ4v) is 3.16. The van der Waals surface area contributed by atoms with Crippen molar-refractivity contribution in [2.45, 2.75) is 5.41 Å². The number of methoxy groups -OCH3 is 1. The lowest BCUT2D eigenvalue weighted by atomic mass is 9.75. The standard InChI is InChI=1S/C22H17BrN2O2/c1-27-20-13-11-19(12-14-20)25-21(26)22(15-24,16-5-3-2-4-6-16)17-7-9-18(23)10-8-17/h2-14H,1H3,(H,25,26). The zero-order valence-electron chi connectivity index (χ0n) is 14.6. The Labute approximate surface area is 166 Å². The molecule has 0 fully saturated rings. The highest BCUT2D eigenvalue weighted by atomic mass is 79.9. The maximum Gasteiger partial charge on any atom is 0.254 e. The summed E-state index contributed by atoms with van der Waals surface area (Å²) in [5, 5.41) is 13.0. The summed E-state index contributed by atoms with van der Waals surface area (Å²) in [6.07, 6.45) is 0. The van der Waals surface area contributed by atoms with Crippen LogP contribution in [0.25, 0.3) is 0 Å². The number of amides is 1. The van der Waals surface area contributed by atoms with Crippen molar-refractivity contribution in [2.75, 3.05) is 12.4 Å². The van der Waals surface area contributed by atoms with E-state index in [-0.39, 0.29) is 0 Å². The van der Waals surface area contributed by atoms with Gasteiger partial charge >= 0.3 is 0 Å². The number of halogens is 1. The van der Waals surface area contributed by atoms with Crippen molar-refractivity contribution in [3.8, 4) is 11.8 Å². The Bertz CT molecular complexity index is 964. The molecule has 0 saturated carbocycles. The summed E-state index contributed by atoms with van der Waals surface area (Å²) in [5.41, 5.74) is 0.335. The van der Waals surface area contributed by atoms with Crippen molar-refractivity contribution in [1.82, 2.24) is 0 Å². The van der Waals surface area contributed by atoms with Gasteiger partial charge in [0, 0.05) is 10.2 Å². The van der Waals surface area contributed by atoms with E-state index in [1.807, 2.05) is 30.3 Å². The van der Waals surface area contributed by atoms with Crippen LogP contribution in [0.1, 0.15) is 11.1 Å². The molecule has 0 aromatic heterocycles. The van der Waals surface area contributed by atoms with Gasteiger partial charge in [0.1, 0.15) is 5.75 Å². The topological polar surface area (TPSA) is 62.1 Å². The summed E-state index contributed by atoms with van der Waals surface area (Å²) in [6, 6.07) is 25.6. The van der Waals surface area contributed by atoms with Crippen LogP contribution in [0, 0.1) is 11.3 Å². The van der Waals surface area contributed by atoms with Gasteiger partial charge in [-0.1, -0.05) is 58.4 Å². The van der Waals surface area contributed by atoms with Gasteiger partial charge in [-0.15, -0.1) is 0 Å². The summed E-state index contributed by atoms with van der Waals surface area (Å²) in [5.74, 6) is 0.277. The molecule has 3 rings (SSSR count). The number of ether oxygens (including phenoxy) is 1.